The van der Waals surface area contributed by atoms with E-state index in [1.165, 1.54) is 0 Å². The van der Waals surface area contributed by atoms with E-state index in [2.05, 4.69) is 31.8 Å². The van der Waals surface area contributed by atoms with Gasteiger partial charge in [-0.3, -0.25) is 9.59 Å². The number of carbonyl (C=O) groups excluding carboxylic acids is 2. The zero-order valence-electron chi connectivity index (χ0n) is 13.2. The number of benzene rings is 1. The summed E-state index contributed by atoms with van der Waals surface area (Å²) in [6, 6.07) is 9.34. The maximum absolute atomic E-state index is 11.8. The van der Waals surface area contributed by atoms with Gasteiger partial charge in [0.25, 0.3) is 0 Å². The number of nitrogens with zero attached hydrogens (tertiary/aromatic N) is 1. The van der Waals surface area contributed by atoms with Gasteiger partial charge in [-0.25, -0.2) is 5.43 Å². The molecule has 0 atom stereocenters. The van der Waals surface area contributed by atoms with Gasteiger partial charge >= 0.3 is 0 Å². The summed E-state index contributed by atoms with van der Waals surface area (Å²) in [6.45, 7) is 1.99. The predicted octanol–water partition coefficient (Wildman–Crippen LogP) is 4.08. The van der Waals surface area contributed by atoms with E-state index in [-0.39, 0.29) is 24.7 Å². The molecule has 2 amide bonds. The number of hydrogen-bond acceptors (Lipinski definition) is 4. The van der Waals surface area contributed by atoms with Crippen LogP contribution in [0, 0.1) is 6.92 Å². The second-order valence-electron chi connectivity index (χ2n) is 5.17. The Hall–Kier alpha value is -1.99. The van der Waals surface area contributed by atoms with E-state index >= 15 is 0 Å². The Labute approximate surface area is 153 Å². The molecule has 0 saturated heterocycles. The van der Waals surface area contributed by atoms with Crippen molar-refractivity contribution in [2.75, 3.05) is 5.32 Å². The van der Waals surface area contributed by atoms with Crippen LogP contribution < -0.4 is 10.7 Å². The van der Waals surface area contributed by atoms with Gasteiger partial charge in [0, 0.05) is 27.9 Å². The second kappa shape index (κ2) is 9.34. The van der Waals surface area contributed by atoms with Crippen LogP contribution in [0.3, 0.4) is 0 Å². The minimum atomic E-state index is -0.197. The second-order valence-corrected chi connectivity index (χ2v) is 7.03. The molecule has 5 nitrogen and oxygen atoms in total. The summed E-state index contributed by atoms with van der Waals surface area (Å²) in [7, 11) is 0. The molecule has 2 rings (SSSR count). The van der Waals surface area contributed by atoms with Crippen LogP contribution in [0.5, 0.6) is 0 Å². The summed E-state index contributed by atoms with van der Waals surface area (Å²) >= 11 is 4.91. The van der Waals surface area contributed by atoms with Crippen LogP contribution >= 0.6 is 27.3 Å². The molecule has 0 spiro atoms. The first-order valence-electron chi connectivity index (χ1n) is 7.46. The topological polar surface area (TPSA) is 70.6 Å². The van der Waals surface area contributed by atoms with E-state index < -0.39 is 0 Å². The first kappa shape index (κ1) is 18.4. The molecule has 0 aliphatic heterocycles. The number of hydrogen-bond donors (Lipinski definition) is 2. The van der Waals surface area contributed by atoms with Gasteiger partial charge in [-0.05, 0) is 54.6 Å². The van der Waals surface area contributed by atoms with Gasteiger partial charge in [0.05, 0.1) is 6.21 Å². The molecule has 7 heteroatoms. The highest BCUT2D eigenvalue weighted by atomic mass is 79.9. The fraction of sp³-hybridized carbons (Fsp3) is 0.235. The number of aryl methyl sites for hydroxylation is 1. The van der Waals surface area contributed by atoms with Crippen LogP contribution in [-0.4, -0.2) is 18.0 Å². The smallest absolute Gasteiger partial charge is 0.240 e. The van der Waals surface area contributed by atoms with E-state index in [0.29, 0.717) is 6.42 Å². The molecular weight excluding hydrogens is 390 g/mol. The maximum atomic E-state index is 11.8. The highest BCUT2D eigenvalue weighted by Gasteiger charge is 2.05. The standard InChI is InChI=1S/C17H18BrN3O2S/c1-12-9-10-24-15(12)11-19-21-17(23)4-2-3-16(22)20-14-7-5-13(18)6-8-14/h5-11H,2-4H2,1H3,(H,20,22)(H,21,23)/b19-11-. The average Bonchev–Trinajstić information content (AvgIpc) is 2.95. The lowest BCUT2D eigenvalue weighted by molar-refractivity contribution is -0.121. The van der Waals surface area contributed by atoms with Gasteiger partial charge in [0.15, 0.2) is 0 Å². The molecule has 0 aliphatic carbocycles. The predicted molar refractivity (Wildman–Crippen MR) is 101 cm³/mol. The number of thiophene rings is 1. The molecule has 1 aromatic heterocycles. The summed E-state index contributed by atoms with van der Waals surface area (Å²) in [5.74, 6) is -0.306. The van der Waals surface area contributed by atoms with Gasteiger partial charge < -0.3 is 5.32 Å². The normalized spacial score (nSPS) is 10.8. The van der Waals surface area contributed by atoms with Crippen molar-refractivity contribution in [2.24, 2.45) is 5.10 Å². The van der Waals surface area contributed by atoms with Crippen LogP contribution in [0.15, 0.2) is 45.3 Å². The average molecular weight is 408 g/mol. The molecule has 0 bridgehead atoms. The zero-order chi connectivity index (χ0) is 17.4. The molecule has 0 saturated carbocycles. The lowest BCUT2D eigenvalue weighted by Crippen LogP contribution is -2.18. The summed E-state index contributed by atoms with van der Waals surface area (Å²) in [4.78, 5) is 24.5. The maximum Gasteiger partial charge on any atom is 0.240 e. The molecule has 0 radical (unpaired) electrons. The SMILES string of the molecule is Cc1ccsc1/C=N\NC(=O)CCCC(=O)Nc1ccc(Br)cc1. The third kappa shape index (κ3) is 6.25. The summed E-state index contributed by atoms with van der Waals surface area (Å²) in [6.07, 6.45) is 2.66. The molecule has 0 fully saturated rings. The summed E-state index contributed by atoms with van der Waals surface area (Å²) in [5.41, 5.74) is 4.34. The van der Waals surface area contributed by atoms with E-state index in [1.54, 1.807) is 17.6 Å². The van der Waals surface area contributed by atoms with Crippen molar-refractivity contribution in [3.8, 4) is 0 Å². The largest absolute Gasteiger partial charge is 0.326 e. The molecule has 2 N–H and O–H groups in total. The Morgan fingerprint density at radius 3 is 2.54 bits per heavy atom. The number of anilines is 1. The first-order chi connectivity index (χ1) is 11.5. The monoisotopic (exact) mass is 407 g/mol. The van der Waals surface area contributed by atoms with E-state index in [0.717, 1.165) is 20.6 Å². The fourth-order valence-electron chi connectivity index (χ4n) is 1.90. The number of rotatable bonds is 7. The third-order valence-corrected chi connectivity index (χ3v) is 4.69. The van der Waals surface area contributed by atoms with Crippen LogP contribution in [0.25, 0.3) is 0 Å². The molecule has 24 heavy (non-hydrogen) atoms. The Bertz CT molecular complexity index is 726. The zero-order valence-corrected chi connectivity index (χ0v) is 15.6. The molecule has 1 heterocycles. The summed E-state index contributed by atoms with van der Waals surface area (Å²) in [5, 5.41) is 8.70. The van der Waals surface area contributed by atoms with Crippen molar-refractivity contribution >= 4 is 51.0 Å². The lowest BCUT2D eigenvalue weighted by atomic mass is 10.2. The van der Waals surface area contributed by atoms with Crippen LogP contribution in [0.1, 0.15) is 29.7 Å². The van der Waals surface area contributed by atoms with Gasteiger partial charge in [0.1, 0.15) is 0 Å². The first-order valence-corrected chi connectivity index (χ1v) is 9.13. The number of carbonyl (C=O) groups is 2. The lowest BCUT2D eigenvalue weighted by Gasteiger charge is -2.05. The van der Waals surface area contributed by atoms with Gasteiger partial charge in [0.2, 0.25) is 11.8 Å². The number of hydrazone groups is 1. The minimum Gasteiger partial charge on any atom is -0.326 e. The Morgan fingerprint density at radius 1 is 1.17 bits per heavy atom. The Kier molecular flexibility index (Phi) is 7.14. The fourth-order valence-corrected chi connectivity index (χ4v) is 2.95. The highest BCUT2D eigenvalue weighted by Crippen LogP contribution is 2.14. The number of nitrogens with one attached hydrogen (secondary N) is 2. The van der Waals surface area contributed by atoms with E-state index in [9.17, 15) is 9.59 Å². The Balaban J connectivity index is 1.65. The van der Waals surface area contributed by atoms with Crippen molar-refractivity contribution in [3.63, 3.8) is 0 Å². The van der Waals surface area contributed by atoms with Crippen LogP contribution in [0.4, 0.5) is 5.69 Å². The quantitative estimate of drug-likeness (QED) is 0.536. The van der Waals surface area contributed by atoms with Crippen molar-refractivity contribution in [1.29, 1.82) is 0 Å². The molecule has 1 aromatic carbocycles. The van der Waals surface area contributed by atoms with E-state index in [1.807, 2.05) is 42.6 Å². The van der Waals surface area contributed by atoms with Crippen LogP contribution in [0.2, 0.25) is 0 Å². The van der Waals surface area contributed by atoms with Gasteiger partial charge in [-0.1, -0.05) is 15.9 Å². The summed E-state index contributed by atoms with van der Waals surface area (Å²) < 4.78 is 0.954. The minimum absolute atomic E-state index is 0.108. The molecule has 0 aliphatic rings. The van der Waals surface area contributed by atoms with Crippen molar-refractivity contribution < 1.29 is 9.59 Å². The van der Waals surface area contributed by atoms with Crippen molar-refractivity contribution in [2.45, 2.75) is 26.2 Å². The number of halogens is 1. The van der Waals surface area contributed by atoms with Crippen molar-refractivity contribution in [1.82, 2.24) is 5.43 Å². The number of amides is 2. The molecule has 2 aromatic rings. The van der Waals surface area contributed by atoms with Gasteiger partial charge in [-0.2, -0.15) is 5.10 Å². The highest BCUT2D eigenvalue weighted by molar-refractivity contribution is 9.10. The van der Waals surface area contributed by atoms with Crippen LogP contribution in [-0.2, 0) is 9.59 Å². The molecule has 0 unspecified atom stereocenters. The van der Waals surface area contributed by atoms with E-state index in [4.69, 9.17) is 0 Å². The third-order valence-electron chi connectivity index (χ3n) is 3.21. The van der Waals surface area contributed by atoms with Gasteiger partial charge in [-0.15, -0.1) is 11.3 Å². The Morgan fingerprint density at radius 2 is 1.88 bits per heavy atom. The molecular formula is C17H18BrN3O2S. The van der Waals surface area contributed by atoms with Crippen molar-refractivity contribution in [3.05, 3.63) is 50.6 Å². The molecule has 126 valence electrons.